The summed E-state index contributed by atoms with van der Waals surface area (Å²) in [4.78, 5) is 28.5. The van der Waals surface area contributed by atoms with Crippen molar-refractivity contribution in [3.63, 3.8) is 0 Å². The molecule has 0 saturated carbocycles. The summed E-state index contributed by atoms with van der Waals surface area (Å²) in [6.07, 6.45) is 26.9. The summed E-state index contributed by atoms with van der Waals surface area (Å²) in [7, 11) is 0. The largest absolute Gasteiger partial charge is 0.494 e. The van der Waals surface area contributed by atoms with E-state index in [9.17, 15) is 9.59 Å². The third-order valence-electron chi connectivity index (χ3n) is 12.5. The number of nitrogens with zero attached hydrogens (tertiary/aromatic N) is 2. The van der Waals surface area contributed by atoms with Crippen LogP contribution in [0.3, 0.4) is 0 Å². The predicted molar refractivity (Wildman–Crippen MR) is 299 cm³/mol. The molecule has 0 N–H and O–H groups in total. The summed E-state index contributed by atoms with van der Waals surface area (Å²) in [6.45, 7) is 16.1. The lowest BCUT2D eigenvalue weighted by molar-refractivity contribution is -0.146. The maximum absolute atomic E-state index is 11.9. The van der Waals surface area contributed by atoms with Crippen LogP contribution in [-0.2, 0) is 19.1 Å². The lowest BCUT2D eigenvalue weighted by atomic mass is 10.1. The van der Waals surface area contributed by atoms with E-state index in [1.54, 1.807) is 47.0 Å². The Hall–Kier alpha value is -5.62. The molecule has 0 aliphatic carbocycles. The topological polar surface area (TPSA) is 96.8 Å². The Morgan fingerprint density at radius 1 is 0.423 bits per heavy atom. The highest BCUT2D eigenvalue weighted by molar-refractivity contribution is 7.19. The van der Waals surface area contributed by atoms with E-state index in [-0.39, 0.29) is 11.9 Å². The second-order valence-corrected chi connectivity index (χ2v) is 20.6. The molecule has 0 atom stereocenters. The monoisotopic (exact) mass is 1010 g/mol. The van der Waals surface area contributed by atoms with E-state index in [0.29, 0.717) is 12.8 Å². The molecule has 11 heteroatoms. The van der Waals surface area contributed by atoms with Crippen LogP contribution in [-0.4, -0.2) is 46.1 Å². The van der Waals surface area contributed by atoms with Crippen molar-refractivity contribution in [2.45, 2.75) is 141 Å². The lowest BCUT2D eigenvalue weighted by Crippen LogP contribution is -2.12. The van der Waals surface area contributed by atoms with Gasteiger partial charge in [-0.05, 0) is 134 Å². The zero-order chi connectivity index (χ0) is 49.9. The van der Waals surface area contributed by atoms with Gasteiger partial charge in [0.2, 0.25) is 0 Å². The minimum atomic E-state index is -0.391. The Morgan fingerprint density at radius 2 is 0.746 bits per heavy atom. The Morgan fingerprint density at radius 3 is 1.10 bits per heavy atom. The van der Waals surface area contributed by atoms with Gasteiger partial charge in [0, 0.05) is 43.5 Å². The van der Waals surface area contributed by atoms with E-state index in [4.69, 9.17) is 27.7 Å². The molecule has 0 amide bonds. The van der Waals surface area contributed by atoms with Gasteiger partial charge < -0.3 is 18.9 Å². The average Bonchev–Trinajstić information content (AvgIpc) is 4.21. The lowest BCUT2D eigenvalue weighted by Gasteiger charge is -2.09. The normalized spacial score (nSPS) is 11.2. The number of aromatic nitrogens is 2. The highest BCUT2D eigenvalue weighted by atomic mass is 32.1. The Labute approximate surface area is 434 Å². The van der Waals surface area contributed by atoms with Crippen LogP contribution in [0.4, 0.5) is 0 Å². The minimum Gasteiger partial charge on any atom is -0.494 e. The molecule has 3 heterocycles. The van der Waals surface area contributed by atoms with Crippen LogP contribution in [0.1, 0.15) is 128 Å². The van der Waals surface area contributed by atoms with Crippen molar-refractivity contribution in [2.75, 3.05) is 13.2 Å². The van der Waals surface area contributed by atoms with E-state index >= 15 is 0 Å². The third kappa shape index (κ3) is 18.2. The zero-order valence-corrected chi connectivity index (χ0v) is 43.9. The van der Waals surface area contributed by atoms with Gasteiger partial charge in [-0.1, -0.05) is 128 Å². The van der Waals surface area contributed by atoms with Crippen molar-refractivity contribution in [1.29, 1.82) is 0 Å². The summed E-state index contributed by atoms with van der Waals surface area (Å²) in [5.74, 6) is 1.46. The summed E-state index contributed by atoms with van der Waals surface area (Å²) < 4.78 is 32.3. The number of hydrogen-bond donors (Lipinski definition) is 0. The van der Waals surface area contributed by atoms with Gasteiger partial charge in [0.15, 0.2) is 0 Å². The fourth-order valence-electron chi connectivity index (χ4n) is 8.37. The second-order valence-electron chi connectivity index (χ2n) is 17.9. The maximum Gasteiger partial charge on any atom is 0.306 e. The fourth-order valence-corrected chi connectivity index (χ4v) is 11.0. The quantitative estimate of drug-likeness (QED) is 0.0218. The van der Waals surface area contributed by atoms with E-state index in [1.807, 2.05) is 0 Å². The smallest absolute Gasteiger partial charge is 0.306 e. The summed E-state index contributed by atoms with van der Waals surface area (Å²) in [5, 5.41) is 0. The van der Waals surface area contributed by atoms with Crippen molar-refractivity contribution in [2.24, 2.45) is 0 Å². The highest BCUT2D eigenvalue weighted by Gasteiger charge is 2.17. The molecule has 6 aromatic rings. The summed E-state index contributed by atoms with van der Waals surface area (Å²) >= 11 is 4.81. The third-order valence-corrected chi connectivity index (χ3v) is 15.4. The van der Waals surface area contributed by atoms with Gasteiger partial charge in [-0.3, -0.25) is 9.59 Å². The first-order valence-corrected chi connectivity index (χ1v) is 28.1. The molecule has 0 fully saturated rings. The summed E-state index contributed by atoms with van der Waals surface area (Å²) in [5.41, 5.74) is 6.43. The van der Waals surface area contributed by atoms with Gasteiger partial charge >= 0.3 is 11.9 Å². The molecule has 3 aromatic carbocycles. The molecule has 3 aromatic heterocycles. The standard InChI is InChI=1S/C60H72N2O6S3/c1-5-47(6-2)67-57(63)27-23-19-15-11-9-13-17-21-25-43-65-49-33-29-45(30-34-49)53-39-41-55(69-53)51-37-38-52(60-59(51)61-71-62-60)56-42-40-54(70-56)46-31-35-50(36-32-46)66-44-26-22-18-14-10-12-16-20-24-28-58(64)68-48(7-3)8-4/h5-8,29-42,47-48H,1-4,9-28,43-44H2. The van der Waals surface area contributed by atoms with Crippen LogP contribution in [0, 0.1) is 0 Å². The average molecular weight is 1010 g/mol. The molecule has 6 rings (SSSR count). The van der Waals surface area contributed by atoms with Crippen LogP contribution in [0.15, 0.2) is 136 Å². The van der Waals surface area contributed by atoms with Crippen molar-refractivity contribution < 1.29 is 28.5 Å². The predicted octanol–water partition coefficient (Wildman–Crippen LogP) is 17.6. The van der Waals surface area contributed by atoms with Crippen LogP contribution < -0.4 is 9.47 Å². The second kappa shape index (κ2) is 31.0. The van der Waals surface area contributed by atoms with E-state index in [2.05, 4.69) is 111 Å². The van der Waals surface area contributed by atoms with E-state index < -0.39 is 12.2 Å². The molecule has 71 heavy (non-hydrogen) atoms. The highest BCUT2D eigenvalue weighted by Crippen LogP contribution is 2.43. The van der Waals surface area contributed by atoms with E-state index in [1.165, 1.54) is 107 Å². The molecule has 0 aliphatic heterocycles. The number of carbonyl (C=O) groups is 2. The van der Waals surface area contributed by atoms with Crippen molar-refractivity contribution in [3.8, 4) is 53.3 Å². The first-order chi connectivity index (χ1) is 34.9. The molecule has 0 unspecified atom stereocenters. The number of carbonyl (C=O) groups excluding carboxylic acids is 2. The van der Waals surface area contributed by atoms with Gasteiger partial charge in [-0.2, -0.15) is 8.75 Å². The van der Waals surface area contributed by atoms with Crippen molar-refractivity contribution in [1.82, 2.24) is 8.75 Å². The number of thiophene rings is 2. The summed E-state index contributed by atoms with van der Waals surface area (Å²) in [6, 6.07) is 30.1. The number of fused-ring (bicyclic) bond motifs is 1. The molecular weight excluding hydrogens is 941 g/mol. The molecule has 0 bridgehead atoms. The van der Waals surface area contributed by atoms with Crippen LogP contribution >= 0.6 is 34.4 Å². The number of ether oxygens (including phenoxy) is 4. The fraction of sp³-hybridized carbons (Fsp3) is 0.400. The van der Waals surface area contributed by atoms with Crippen LogP contribution in [0.2, 0.25) is 0 Å². The Kier molecular flexibility index (Phi) is 23.9. The molecule has 0 saturated heterocycles. The van der Waals surface area contributed by atoms with Crippen molar-refractivity contribution >= 4 is 57.4 Å². The molecule has 0 aliphatic rings. The molecule has 0 spiro atoms. The first kappa shape index (κ1) is 54.7. The Bertz CT molecular complexity index is 2370. The molecule has 376 valence electrons. The van der Waals surface area contributed by atoms with E-state index in [0.717, 1.165) is 98.2 Å². The zero-order valence-electron chi connectivity index (χ0n) is 41.5. The van der Waals surface area contributed by atoms with Gasteiger partial charge in [0.25, 0.3) is 0 Å². The number of hydrogen-bond acceptors (Lipinski definition) is 11. The number of benzene rings is 3. The van der Waals surface area contributed by atoms with Crippen LogP contribution in [0.25, 0.3) is 52.8 Å². The van der Waals surface area contributed by atoms with Crippen molar-refractivity contribution in [3.05, 3.63) is 136 Å². The Balaban J connectivity index is 0.856. The minimum absolute atomic E-state index is 0.175. The van der Waals surface area contributed by atoms with Crippen LogP contribution in [0.5, 0.6) is 11.5 Å². The van der Waals surface area contributed by atoms with Gasteiger partial charge in [0.1, 0.15) is 34.7 Å². The maximum atomic E-state index is 11.9. The van der Waals surface area contributed by atoms with Gasteiger partial charge in [-0.15, -0.1) is 22.7 Å². The molecule has 8 nitrogen and oxygen atoms in total. The number of unbranched alkanes of at least 4 members (excludes halogenated alkanes) is 16. The molecule has 0 radical (unpaired) electrons. The number of rotatable bonds is 36. The SMILES string of the molecule is C=CC(C=C)OC(=O)CCCCCCCCCCCOc1ccc(-c2ccc(-c3ccc(-c4ccc(-c5ccc(OCCCCCCCCCCCC(=O)OC(C=C)C=C)cc5)s4)c4nsnc34)s2)cc1. The first-order valence-electron chi connectivity index (χ1n) is 25.7. The number of esters is 2. The molecular formula is C60H72N2O6S3. The van der Waals surface area contributed by atoms with Gasteiger partial charge in [-0.25, -0.2) is 0 Å². The van der Waals surface area contributed by atoms with Gasteiger partial charge in [0.05, 0.1) is 24.9 Å².